The fourth-order valence-electron chi connectivity index (χ4n) is 1.79. The normalized spacial score (nSPS) is 10.3. The van der Waals surface area contributed by atoms with Crippen molar-refractivity contribution < 1.29 is 13.9 Å². The molecular formula is C15H15FN2O2. The minimum Gasteiger partial charge on any atom is -0.396 e. The van der Waals surface area contributed by atoms with E-state index in [2.05, 4.69) is 5.32 Å². The van der Waals surface area contributed by atoms with Gasteiger partial charge in [0, 0.05) is 23.9 Å². The van der Waals surface area contributed by atoms with Crippen LogP contribution in [0.3, 0.4) is 0 Å². The van der Waals surface area contributed by atoms with Crippen molar-refractivity contribution in [3.63, 3.8) is 0 Å². The molecule has 0 heterocycles. The molecule has 5 heteroatoms. The molecule has 0 aliphatic carbocycles. The Labute approximate surface area is 116 Å². The van der Waals surface area contributed by atoms with Gasteiger partial charge in [0.05, 0.1) is 12.3 Å². The molecule has 0 radical (unpaired) electrons. The summed E-state index contributed by atoms with van der Waals surface area (Å²) in [6.07, 6.45) is 0. The van der Waals surface area contributed by atoms with Gasteiger partial charge in [-0.2, -0.15) is 0 Å². The van der Waals surface area contributed by atoms with Gasteiger partial charge in [-0.25, -0.2) is 4.39 Å². The summed E-state index contributed by atoms with van der Waals surface area (Å²) in [5.74, 6) is -1.00. The van der Waals surface area contributed by atoms with Crippen molar-refractivity contribution in [2.45, 2.75) is 6.61 Å². The van der Waals surface area contributed by atoms with E-state index in [0.29, 0.717) is 12.3 Å². The third-order valence-electron chi connectivity index (χ3n) is 2.83. The first-order valence-electron chi connectivity index (χ1n) is 6.05. The minimum atomic E-state index is -0.608. The SMILES string of the molecule is COCc1ccccc1NC(=O)c1ccc(N)c(F)c1. The first kappa shape index (κ1) is 14.0. The van der Waals surface area contributed by atoms with Crippen LogP contribution in [0.15, 0.2) is 42.5 Å². The van der Waals surface area contributed by atoms with Crippen LogP contribution in [-0.2, 0) is 11.3 Å². The Balaban J connectivity index is 2.21. The fourth-order valence-corrected chi connectivity index (χ4v) is 1.79. The van der Waals surface area contributed by atoms with E-state index in [1.54, 1.807) is 19.2 Å². The number of para-hydroxylation sites is 1. The number of methoxy groups -OCH3 is 1. The number of nitrogens with one attached hydrogen (secondary N) is 1. The van der Waals surface area contributed by atoms with Gasteiger partial charge in [-0.15, -0.1) is 0 Å². The first-order chi connectivity index (χ1) is 9.61. The van der Waals surface area contributed by atoms with Crippen molar-refractivity contribution in [3.8, 4) is 0 Å². The molecule has 2 aromatic rings. The molecule has 0 aliphatic heterocycles. The zero-order valence-corrected chi connectivity index (χ0v) is 11.0. The van der Waals surface area contributed by atoms with E-state index in [4.69, 9.17) is 10.5 Å². The quantitative estimate of drug-likeness (QED) is 0.843. The second-order valence-electron chi connectivity index (χ2n) is 4.28. The summed E-state index contributed by atoms with van der Waals surface area (Å²) in [5.41, 5.74) is 7.09. The number of hydrogen-bond acceptors (Lipinski definition) is 3. The number of anilines is 2. The van der Waals surface area contributed by atoms with Crippen LogP contribution in [0.2, 0.25) is 0 Å². The lowest BCUT2D eigenvalue weighted by atomic mass is 10.1. The van der Waals surface area contributed by atoms with Gasteiger partial charge in [-0.05, 0) is 24.3 Å². The third-order valence-corrected chi connectivity index (χ3v) is 2.83. The van der Waals surface area contributed by atoms with Gasteiger partial charge in [-0.1, -0.05) is 18.2 Å². The average molecular weight is 274 g/mol. The van der Waals surface area contributed by atoms with E-state index in [-0.39, 0.29) is 11.3 Å². The number of benzene rings is 2. The van der Waals surface area contributed by atoms with Gasteiger partial charge < -0.3 is 15.8 Å². The molecule has 20 heavy (non-hydrogen) atoms. The topological polar surface area (TPSA) is 64.3 Å². The average Bonchev–Trinajstić information content (AvgIpc) is 2.44. The van der Waals surface area contributed by atoms with Gasteiger partial charge in [-0.3, -0.25) is 4.79 Å². The van der Waals surface area contributed by atoms with Crippen LogP contribution in [-0.4, -0.2) is 13.0 Å². The number of ether oxygens (including phenoxy) is 1. The number of amides is 1. The highest BCUT2D eigenvalue weighted by Gasteiger charge is 2.10. The molecule has 4 nitrogen and oxygen atoms in total. The first-order valence-corrected chi connectivity index (χ1v) is 6.05. The maximum Gasteiger partial charge on any atom is 0.255 e. The van der Waals surface area contributed by atoms with Crippen LogP contribution >= 0.6 is 0 Å². The second kappa shape index (κ2) is 6.16. The number of halogens is 1. The van der Waals surface area contributed by atoms with Gasteiger partial charge in [0.2, 0.25) is 0 Å². The zero-order chi connectivity index (χ0) is 14.5. The summed E-state index contributed by atoms with van der Waals surface area (Å²) < 4.78 is 18.4. The molecular weight excluding hydrogens is 259 g/mol. The van der Waals surface area contributed by atoms with E-state index in [0.717, 1.165) is 11.6 Å². The lowest BCUT2D eigenvalue weighted by Crippen LogP contribution is -2.14. The molecule has 2 rings (SSSR count). The second-order valence-corrected chi connectivity index (χ2v) is 4.28. The van der Waals surface area contributed by atoms with Crippen molar-refractivity contribution >= 4 is 17.3 Å². The summed E-state index contributed by atoms with van der Waals surface area (Å²) >= 11 is 0. The van der Waals surface area contributed by atoms with Crippen LogP contribution in [0.25, 0.3) is 0 Å². The third kappa shape index (κ3) is 3.13. The Morgan fingerprint density at radius 1 is 1.30 bits per heavy atom. The van der Waals surface area contributed by atoms with Crippen molar-refractivity contribution in [2.75, 3.05) is 18.2 Å². The molecule has 0 unspecified atom stereocenters. The predicted molar refractivity (Wildman–Crippen MR) is 75.9 cm³/mol. The molecule has 0 saturated heterocycles. The molecule has 3 N–H and O–H groups in total. The lowest BCUT2D eigenvalue weighted by molar-refractivity contribution is 0.102. The largest absolute Gasteiger partial charge is 0.396 e. The molecule has 0 aromatic heterocycles. The molecule has 0 fully saturated rings. The summed E-state index contributed by atoms with van der Waals surface area (Å²) in [6.45, 7) is 0.382. The molecule has 1 amide bonds. The van der Waals surface area contributed by atoms with Crippen LogP contribution in [0.5, 0.6) is 0 Å². The van der Waals surface area contributed by atoms with Crippen LogP contribution < -0.4 is 11.1 Å². The van der Waals surface area contributed by atoms with Crippen molar-refractivity contribution in [1.29, 1.82) is 0 Å². The number of rotatable bonds is 4. The number of nitrogens with two attached hydrogens (primary N) is 1. The van der Waals surface area contributed by atoms with Crippen molar-refractivity contribution in [1.82, 2.24) is 0 Å². The van der Waals surface area contributed by atoms with Crippen LogP contribution in [0.1, 0.15) is 15.9 Å². The van der Waals surface area contributed by atoms with Crippen LogP contribution in [0.4, 0.5) is 15.8 Å². The lowest BCUT2D eigenvalue weighted by Gasteiger charge is -2.10. The Kier molecular flexibility index (Phi) is 4.32. The summed E-state index contributed by atoms with van der Waals surface area (Å²) in [4.78, 5) is 12.1. The standard InChI is InChI=1S/C15H15FN2O2/c1-20-9-11-4-2-3-5-14(11)18-15(19)10-6-7-13(17)12(16)8-10/h2-8H,9,17H2,1H3,(H,18,19). The van der Waals surface area contributed by atoms with E-state index in [1.807, 2.05) is 12.1 Å². The summed E-state index contributed by atoms with van der Waals surface area (Å²) in [7, 11) is 1.58. The van der Waals surface area contributed by atoms with Gasteiger partial charge in [0.1, 0.15) is 5.82 Å². The maximum atomic E-state index is 13.4. The number of nitrogen functional groups attached to an aromatic ring is 1. The predicted octanol–water partition coefficient (Wildman–Crippen LogP) is 2.81. The van der Waals surface area contributed by atoms with E-state index in [9.17, 15) is 9.18 Å². The van der Waals surface area contributed by atoms with E-state index < -0.39 is 11.7 Å². The van der Waals surface area contributed by atoms with Gasteiger partial charge >= 0.3 is 0 Å². The maximum absolute atomic E-state index is 13.4. The molecule has 104 valence electrons. The van der Waals surface area contributed by atoms with E-state index >= 15 is 0 Å². The molecule has 0 bridgehead atoms. The Morgan fingerprint density at radius 2 is 2.05 bits per heavy atom. The van der Waals surface area contributed by atoms with Gasteiger partial charge in [0.15, 0.2) is 0 Å². The highest BCUT2D eigenvalue weighted by molar-refractivity contribution is 6.04. The molecule has 0 atom stereocenters. The minimum absolute atomic E-state index is 0.0151. The molecule has 2 aromatic carbocycles. The van der Waals surface area contributed by atoms with Crippen LogP contribution in [0, 0.1) is 5.82 Å². The summed E-state index contributed by atoms with van der Waals surface area (Å²) in [5, 5.41) is 2.73. The smallest absolute Gasteiger partial charge is 0.255 e. The summed E-state index contributed by atoms with van der Waals surface area (Å²) in [6, 6.07) is 11.2. The Bertz CT molecular complexity index is 629. The van der Waals surface area contributed by atoms with Crippen molar-refractivity contribution in [3.05, 3.63) is 59.4 Å². The number of carbonyl (C=O) groups is 1. The molecule has 0 saturated carbocycles. The zero-order valence-electron chi connectivity index (χ0n) is 11.0. The molecule has 0 spiro atoms. The number of carbonyl (C=O) groups excluding carboxylic acids is 1. The van der Waals surface area contributed by atoms with E-state index in [1.165, 1.54) is 12.1 Å². The number of hydrogen-bond donors (Lipinski definition) is 2. The van der Waals surface area contributed by atoms with Gasteiger partial charge in [0.25, 0.3) is 5.91 Å². The Morgan fingerprint density at radius 3 is 2.75 bits per heavy atom. The van der Waals surface area contributed by atoms with Crippen molar-refractivity contribution in [2.24, 2.45) is 0 Å². The highest BCUT2D eigenvalue weighted by Crippen LogP contribution is 2.18. The highest BCUT2D eigenvalue weighted by atomic mass is 19.1. The molecule has 0 aliphatic rings. The Hall–Kier alpha value is -2.40. The monoisotopic (exact) mass is 274 g/mol. The fraction of sp³-hybridized carbons (Fsp3) is 0.133.